The van der Waals surface area contributed by atoms with Gasteiger partial charge in [0.25, 0.3) is 0 Å². The van der Waals surface area contributed by atoms with Gasteiger partial charge >= 0.3 is 0 Å². The third kappa shape index (κ3) is 5.08. The lowest BCUT2D eigenvalue weighted by Crippen LogP contribution is -2.51. The van der Waals surface area contributed by atoms with Crippen molar-refractivity contribution in [3.8, 4) is 16.9 Å². The molecule has 0 aliphatic carbocycles. The number of piperazine rings is 1. The number of nitrogens with zero attached hydrogens (tertiary/aromatic N) is 7. The monoisotopic (exact) mass is 495 g/mol. The lowest BCUT2D eigenvalue weighted by molar-refractivity contribution is 0.0385. The summed E-state index contributed by atoms with van der Waals surface area (Å²) in [4.78, 5) is 16.1. The molecule has 1 aromatic carbocycles. The number of likely N-dealkylation sites (tertiary alicyclic amines) is 1. The van der Waals surface area contributed by atoms with Crippen molar-refractivity contribution >= 4 is 18.1 Å². The van der Waals surface area contributed by atoms with Crippen molar-refractivity contribution in [1.29, 1.82) is 0 Å². The number of hydrogen-bond acceptors (Lipinski definition) is 7. The normalized spacial score (nSPS) is 17.2. The molecule has 8 nitrogen and oxygen atoms in total. The van der Waals surface area contributed by atoms with E-state index in [-0.39, 0.29) is 6.10 Å². The maximum absolute atomic E-state index is 6.26. The number of aliphatic imine (C=N–C) groups is 1. The number of aromatic nitrogens is 3. The summed E-state index contributed by atoms with van der Waals surface area (Å²) in [6.07, 6.45) is 6.01. The van der Waals surface area contributed by atoms with Crippen LogP contribution in [-0.2, 0) is 13.1 Å². The van der Waals surface area contributed by atoms with Gasteiger partial charge in [0.05, 0.1) is 24.5 Å². The van der Waals surface area contributed by atoms with E-state index in [9.17, 15) is 0 Å². The highest BCUT2D eigenvalue weighted by molar-refractivity contribution is 5.83. The summed E-state index contributed by atoms with van der Waals surface area (Å²) in [5.74, 6) is 1.84. The molecule has 6 rings (SSSR count). The molecular weight excluding hydrogens is 462 g/mol. The number of hydrogen-bond donors (Lipinski definition) is 0. The van der Waals surface area contributed by atoms with Crippen molar-refractivity contribution in [2.24, 2.45) is 4.99 Å². The molecule has 2 aliphatic heterocycles. The van der Waals surface area contributed by atoms with E-state index in [0.29, 0.717) is 6.54 Å². The van der Waals surface area contributed by atoms with Crippen LogP contribution >= 0.6 is 0 Å². The van der Waals surface area contributed by atoms with Gasteiger partial charge in [-0.3, -0.25) is 14.8 Å². The van der Waals surface area contributed by atoms with Crippen LogP contribution in [-0.4, -0.2) is 83.5 Å². The summed E-state index contributed by atoms with van der Waals surface area (Å²) in [5, 5.41) is 4.58. The smallest absolute Gasteiger partial charge is 0.138 e. The zero-order valence-electron chi connectivity index (χ0n) is 21.3. The second kappa shape index (κ2) is 10.3. The number of fused-ring (bicyclic) bond motifs is 1. The van der Waals surface area contributed by atoms with Crippen LogP contribution in [0.4, 0.5) is 5.82 Å². The topological polar surface area (TPSA) is 61.5 Å². The molecule has 0 N–H and O–H groups in total. The minimum Gasteiger partial charge on any atom is -0.486 e. The predicted molar refractivity (Wildman–Crippen MR) is 148 cm³/mol. The van der Waals surface area contributed by atoms with Crippen molar-refractivity contribution in [2.75, 3.05) is 51.2 Å². The van der Waals surface area contributed by atoms with Crippen molar-refractivity contribution in [2.45, 2.75) is 19.2 Å². The molecular formula is C29H33N7O. The Morgan fingerprint density at radius 2 is 1.84 bits per heavy atom. The van der Waals surface area contributed by atoms with Gasteiger partial charge in [-0.15, -0.1) is 0 Å². The van der Waals surface area contributed by atoms with Gasteiger partial charge in [-0.1, -0.05) is 30.3 Å². The van der Waals surface area contributed by atoms with Crippen LogP contribution in [0.2, 0.25) is 0 Å². The fourth-order valence-corrected chi connectivity index (χ4v) is 5.30. The molecule has 2 saturated heterocycles. The summed E-state index contributed by atoms with van der Waals surface area (Å²) in [6.45, 7) is 11.1. The van der Waals surface area contributed by atoms with Crippen LogP contribution in [0.1, 0.15) is 11.1 Å². The van der Waals surface area contributed by atoms with E-state index in [1.807, 2.05) is 23.1 Å². The lowest BCUT2D eigenvalue weighted by Gasteiger charge is -2.36. The van der Waals surface area contributed by atoms with E-state index in [1.165, 1.54) is 5.56 Å². The third-order valence-corrected chi connectivity index (χ3v) is 7.28. The molecule has 0 amide bonds. The molecule has 4 aromatic rings. The zero-order chi connectivity index (χ0) is 25.2. The molecule has 0 radical (unpaired) electrons. The van der Waals surface area contributed by atoms with Gasteiger partial charge in [0.2, 0.25) is 0 Å². The van der Waals surface area contributed by atoms with Gasteiger partial charge in [-0.2, -0.15) is 5.10 Å². The van der Waals surface area contributed by atoms with Crippen molar-refractivity contribution in [3.05, 3.63) is 78.2 Å². The quantitative estimate of drug-likeness (QED) is 0.348. The minimum absolute atomic E-state index is 0.209. The van der Waals surface area contributed by atoms with Crippen LogP contribution in [0, 0.1) is 0 Å². The van der Waals surface area contributed by atoms with E-state index in [2.05, 4.69) is 87.1 Å². The first-order valence-corrected chi connectivity index (χ1v) is 12.9. The number of pyridine rings is 2. The second-order valence-corrected chi connectivity index (χ2v) is 10.0. The Balaban J connectivity index is 1.20. The zero-order valence-corrected chi connectivity index (χ0v) is 21.3. The van der Waals surface area contributed by atoms with Gasteiger partial charge in [0.1, 0.15) is 17.7 Å². The summed E-state index contributed by atoms with van der Waals surface area (Å²) in [7, 11) is 2.10. The molecule has 5 heterocycles. The fourth-order valence-electron chi connectivity index (χ4n) is 5.30. The molecule has 0 spiro atoms. The molecule has 2 aliphatic rings. The number of ether oxygens (including phenoxy) is 1. The van der Waals surface area contributed by atoms with Gasteiger partial charge in [-0.05, 0) is 37.5 Å². The Morgan fingerprint density at radius 1 is 1.03 bits per heavy atom. The van der Waals surface area contributed by atoms with Gasteiger partial charge in [0.15, 0.2) is 0 Å². The number of rotatable bonds is 8. The molecule has 37 heavy (non-hydrogen) atoms. The molecule has 3 aromatic heterocycles. The first-order valence-electron chi connectivity index (χ1n) is 12.9. The molecule has 0 unspecified atom stereocenters. The average molecular weight is 496 g/mol. The van der Waals surface area contributed by atoms with Gasteiger partial charge in [0, 0.05) is 68.7 Å². The highest BCUT2D eigenvalue weighted by Gasteiger charge is 2.26. The van der Waals surface area contributed by atoms with E-state index >= 15 is 0 Å². The second-order valence-electron chi connectivity index (χ2n) is 10.0. The van der Waals surface area contributed by atoms with Crippen LogP contribution in [0.15, 0.2) is 72.1 Å². The molecule has 8 heteroatoms. The molecule has 2 fully saturated rings. The Labute approximate surface area is 217 Å². The van der Waals surface area contributed by atoms with E-state index < -0.39 is 0 Å². The molecule has 0 saturated carbocycles. The van der Waals surface area contributed by atoms with Crippen LogP contribution in [0.5, 0.6) is 5.75 Å². The molecule has 0 bridgehead atoms. The van der Waals surface area contributed by atoms with E-state index in [1.54, 1.807) is 0 Å². The largest absolute Gasteiger partial charge is 0.486 e. The highest BCUT2D eigenvalue weighted by atomic mass is 16.5. The summed E-state index contributed by atoms with van der Waals surface area (Å²) in [6, 6.07) is 17.1. The first kappa shape index (κ1) is 23.6. The van der Waals surface area contributed by atoms with E-state index in [4.69, 9.17) is 9.72 Å². The van der Waals surface area contributed by atoms with Crippen LogP contribution in [0.3, 0.4) is 0 Å². The number of anilines is 1. The van der Waals surface area contributed by atoms with Crippen molar-refractivity contribution in [3.63, 3.8) is 0 Å². The summed E-state index contributed by atoms with van der Waals surface area (Å²) in [5.41, 5.74) is 5.52. The Hall–Kier alpha value is -3.75. The fraction of sp³-hybridized carbons (Fsp3) is 0.345. The number of likely N-dealkylation sites (N-methyl/N-ethyl adjacent to an activating group) is 1. The average Bonchev–Trinajstić information content (AvgIpc) is 3.31. The first-order chi connectivity index (χ1) is 18.2. The summed E-state index contributed by atoms with van der Waals surface area (Å²) < 4.78 is 8.16. The Bertz CT molecular complexity index is 1350. The Kier molecular flexibility index (Phi) is 6.59. The molecule has 190 valence electrons. The number of benzene rings is 1. The minimum atomic E-state index is 0.209. The Morgan fingerprint density at radius 3 is 2.54 bits per heavy atom. The van der Waals surface area contributed by atoms with Gasteiger partial charge < -0.3 is 9.64 Å². The van der Waals surface area contributed by atoms with Crippen molar-refractivity contribution in [1.82, 2.24) is 24.4 Å². The SMILES string of the molecule is C=NCc1cnn2cc(OC3CN(C)C3)cc(-c3ccc(N4CCN(Cc5ccccc5)CC4)nc3)c12. The van der Waals surface area contributed by atoms with E-state index in [0.717, 1.165) is 79.6 Å². The third-order valence-electron chi connectivity index (χ3n) is 7.28. The van der Waals surface area contributed by atoms with Crippen LogP contribution < -0.4 is 9.64 Å². The highest BCUT2D eigenvalue weighted by Crippen LogP contribution is 2.32. The van der Waals surface area contributed by atoms with Gasteiger partial charge in [-0.25, -0.2) is 9.50 Å². The maximum atomic E-state index is 6.26. The maximum Gasteiger partial charge on any atom is 0.138 e. The van der Waals surface area contributed by atoms with Crippen molar-refractivity contribution < 1.29 is 4.74 Å². The summed E-state index contributed by atoms with van der Waals surface area (Å²) >= 11 is 0. The standard InChI is InChI=1S/C29H33N7O/c1-30-15-24-17-32-36-21-25(37-26-19-33(2)20-26)14-27(29(24)36)23-8-9-28(31-16-23)35-12-10-34(11-13-35)18-22-6-4-3-5-7-22/h3-9,14,16-17,21,26H,1,10-13,15,18-20H2,2H3. The molecule has 0 atom stereocenters. The van der Waals surface area contributed by atoms with Crippen LogP contribution in [0.25, 0.3) is 16.6 Å². The predicted octanol–water partition coefficient (Wildman–Crippen LogP) is 3.61. The lowest BCUT2D eigenvalue weighted by atomic mass is 10.0.